The molecule has 98 valence electrons. The largest absolute Gasteiger partial charge is 0.476 e. The smallest absolute Gasteiger partial charge is 0.265 e. The molecule has 0 aliphatic carbocycles. The minimum atomic E-state index is -0.514. The molecule has 2 rings (SSSR count). The lowest BCUT2D eigenvalue weighted by Crippen LogP contribution is -2.41. The van der Waals surface area contributed by atoms with Crippen molar-refractivity contribution in [2.45, 2.75) is 33.8 Å². The molecule has 0 radical (unpaired) electrons. The van der Waals surface area contributed by atoms with Crippen molar-refractivity contribution in [2.24, 2.45) is 5.92 Å². The Morgan fingerprint density at radius 1 is 1.33 bits per heavy atom. The van der Waals surface area contributed by atoms with Gasteiger partial charge in [-0.2, -0.15) is 0 Å². The van der Waals surface area contributed by atoms with Gasteiger partial charge in [0.05, 0.1) is 16.4 Å². The average Bonchev–Trinajstić information content (AvgIpc) is 2.33. The van der Waals surface area contributed by atoms with Gasteiger partial charge in [-0.15, -0.1) is 0 Å². The van der Waals surface area contributed by atoms with Crippen molar-refractivity contribution in [1.29, 1.82) is 0 Å². The second-order valence-corrected chi connectivity index (χ2v) is 5.33. The van der Waals surface area contributed by atoms with Gasteiger partial charge in [0.2, 0.25) is 0 Å². The molecule has 0 bridgehead atoms. The van der Waals surface area contributed by atoms with Crippen LogP contribution in [-0.2, 0) is 4.79 Å². The fourth-order valence-electron chi connectivity index (χ4n) is 2.07. The highest BCUT2D eigenvalue weighted by Crippen LogP contribution is 2.44. The molecule has 1 aliphatic heterocycles. The van der Waals surface area contributed by atoms with E-state index in [0.717, 1.165) is 11.1 Å². The number of carbonyl (C=O) groups excluding carboxylic acids is 1. The topological polar surface area (TPSA) is 64.3 Å². The van der Waals surface area contributed by atoms with E-state index in [1.54, 1.807) is 0 Å². The SMILES string of the molecule is Cc1c(N)c2c(c(C)c1Cl)NC(=O)C(C(C)C)O2. The maximum absolute atomic E-state index is 11.9. The average molecular weight is 269 g/mol. The summed E-state index contributed by atoms with van der Waals surface area (Å²) < 4.78 is 5.76. The number of halogens is 1. The molecule has 0 saturated carbocycles. The van der Waals surface area contributed by atoms with Gasteiger partial charge < -0.3 is 15.8 Å². The van der Waals surface area contributed by atoms with Gasteiger partial charge in [-0.1, -0.05) is 25.4 Å². The number of hydrogen-bond acceptors (Lipinski definition) is 3. The minimum Gasteiger partial charge on any atom is -0.476 e. The highest BCUT2D eigenvalue weighted by Gasteiger charge is 2.33. The summed E-state index contributed by atoms with van der Waals surface area (Å²) in [4.78, 5) is 11.9. The van der Waals surface area contributed by atoms with Gasteiger partial charge in [-0.25, -0.2) is 0 Å². The summed E-state index contributed by atoms with van der Waals surface area (Å²) in [6.07, 6.45) is -0.514. The first-order chi connectivity index (χ1) is 8.34. The number of benzene rings is 1. The zero-order valence-corrected chi connectivity index (χ0v) is 11.7. The third kappa shape index (κ3) is 1.81. The minimum absolute atomic E-state index is 0.0776. The number of carbonyl (C=O) groups is 1. The van der Waals surface area contributed by atoms with E-state index in [0.29, 0.717) is 22.1 Å². The van der Waals surface area contributed by atoms with Crippen LogP contribution in [0.25, 0.3) is 0 Å². The number of amides is 1. The molecule has 1 amide bonds. The number of fused-ring (bicyclic) bond motifs is 1. The molecule has 1 atom stereocenters. The monoisotopic (exact) mass is 268 g/mol. The van der Waals surface area contributed by atoms with E-state index in [1.807, 2.05) is 27.7 Å². The van der Waals surface area contributed by atoms with E-state index in [2.05, 4.69) is 5.32 Å². The van der Waals surface area contributed by atoms with E-state index in [4.69, 9.17) is 22.1 Å². The lowest BCUT2D eigenvalue weighted by Gasteiger charge is -2.31. The van der Waals surface area contributed by atoms with Crippen molar-refractivity contribution in [3.8, 4) is 5.75 Å². The van der Waals surface area contributed by atoms with Crippen molar-refractivity contribution in [1.82, 2.24) is 0 Å². The summed E-state index contributed by atoms with van der Waals surface area (Å²) in [6, 6.07) is 0. The van der Waals surface area contributed by atoms with Crippen LogP contribution in [0.2, 0.25) is 5.02 Å². The zero-order chi connectivity index (χ0) is 13.6. The molecule has 4 nitrogen and oxygen atoms in total. The Labute approximate surface area is 111 Å². The molecule has 1 aliphatic rings. The van der Waals surface area contributed by atoms with E-state index in [9.17, 15) is 4.79 Å². The summed E-state index contributed by atoms with van der Waals surface area (Å²) in [5.41, 5.74) is 8.67. The summed E-state index contributed by atoms with van der Waals surface area (Å²) in [5, 5.41) is 3.41. The molecule has 5 heteroatoms. The van der Waals surface area contributed by atoms with E-state index < -0.39 is 6.10 Å². The fraction of sp³-hybridized carbons (Fsp3) is 0.462. The maximum Gasteiger partial charge on any atom is 0.265 e. The fourth-order valence-corrected chi connectivity index (χ4v) is 2.27. The molecular weight excluding hydrogens is 252 g/mol. The van der Waals surface area contributed by atoms with Crippen molar-refractivity contribution in [2.75, 3.05) is 11.1 Å². The molecule has 0 spiro atoms. The van der Waals surface area contributed by atoms with Gasteiger partial charge >= 0.3 is 0 Å². The van der Waals surface area contributed by atoms with Gasteiger partial charge in [0, 0.05) is 0 Å². The van der Waals surface area contributed by atoms with Gasteiger partial charge in [0.25, 0.3) is 5.91 Å². The Hall–Kier alpha value is -1.42. The number of rotatable bonds is 1. The normalized spacial score (nSPS) is 18.3. The number of nitrogens with two attached hydrogens (primary N) is 1. The Kier molecular flexibility index (Phi) is 3.15. The Bertz CT molecular complexity index is 526. The third-order valence-electron chi connectivity index (χ3n) is 3.27. The molecule has 0 aromatic heterocycles. The van der Waals surface area contributed by atoms with Crippen LogP contribution in [0.5, 0.6) is 5.75 Å². The van der Waals surface area contributed by atoms with Crippen LogP contribution >= 0.6 is 11.6 Å². The van der Waals surface area contributed by atoms with Crippen LogP contribution in [0.4, 0.5) is 11.4 Å². The number of anilines is 2. The number of hydrogen-bond donors (Lipinski definition) is 2. The molecule has 1 unspecified atom stereocenters. The molecule has 1 heterocycles. The molecular formula is C13H17ClN2O2. The van der Waals surface area contributed by atoms with Crippen molar-refractivity contribution < 1.29 is 9.53 Å². The lowest BCUT2D eigenvalue weighted by atomic mass is 10.0. The molecule has 1 aromatic carbocycles. The summed E-state index contributed by atoms with van der Waals surface area (Å²) in [6.45, 7) is 7.55. The lowest BCUT2D eigenvalue weighted by molar-refractivity contribution is -0.125. The summed E-state index contributed by atoms with van der Waals surface area (Å²) in [5.74, 6) is 0.460. The standard InChI is InChI=1S/C13H17ClN2O2/c1-5(2)11-13(17)16-10-7(4)8(14)6(3)9(15)12(10)18-11/h5,11H,15H2,1-4H3,(H,16,17). The highest BCUT2D eigenvalue weighted by molar-refractivity contribution is 6.33. The van der Waals surface area contributed by atoms with Gasteiger partial charge in [0.1, 0.15) is 0 Å². The van der Waals surface area contributed by atoms with Crippen LogP contribution in [0, 0.1) is 19.8 Å². The summed E-state index contributed by atoms with van der Waals surface area (Å²) >= 11 is 6.18. The number of nitrogen functional groups attached to an aromatic ring is 1. The highest BCUT2D eigenvalue weighted by atomic mass is 35.5. The van der Waals surface area contributed by atoms with Crippen molar-refractivity contribution in [3.63, 3.8) is 0 Å². The van der Waals surface area contributed by atoms with Gasteiger partial charge in [0.15, 0.2) is 11.9 Å². The zero-order valence-electron chi connectivity index (χ0n) is 10.9. The predicted octanol–water partition coefficient (Wildman–Crippen LogP) is 2.89. The molecule has 1 aromatic rings. The van der Waals surface area contributed by atoms with Crippen LogP contribution in [0.1, 0.15) is 25.0 Å². The van der Waals surface area contributed by atoms with Crippen molar-refractivity contribution >= 4 is 28.9 Å². The molecule has 3 N–H and O–H groups in total. The number of nitrogens with one attached hydrogen (secondary N) is 1. The first-order valence-electron chi connectivity index (χ1n) is 5.90. The third-order valence-corrected chi connectivity index (χ3v) is 3.83. The van der Waals surface area contributed by atoms with Crippen molar-refractivity contribution in [3.05, 3.63) is 16.1 Å². The second-order valence-electron chi connectivity index (χ2n) is 4.95. The summed E-state index contributed by atoms with van der Waals surface area (Å²) in [7, 11) is 0. The van der Waals surface area contributed by atoms with E-state index in [-0.39, 0.29) is 11.8 Å². The van der Waals surface area contributed by atoms with Crippen LogP contribution < -0.4 is 15.8 Å². The van der Waals surface area contributed by atoms with Crippen LogP contribution in [0.3, 0.4) is 0 Å². The first kappa shape index (κ1) is 13.0. The molecule has 18 heavy (non-hydrogen) atoms. The Morgan fingerprint density at radius 2 is 1.94 bits per heavy atom. The molecule has 0 fully saturated rings. The number of ether oxygens (including phenoxy) is 1. The molecule has 0 saturated heterocycles. The maximum atomic E-state index is 11.9. The Morgan fingerprint density at radius 3 is 2.50 bits per heavy atom. The van der Waals surface area contributed by atoms with Gasteiger partial charge in [-0.05, 0) is 30.9 Å². The van der Waals surface area contributed by atoms with E-state index >= 15 is 0 Å². The van der Waals surface area contributed by atoms with Crippen LogP contribution in [-0.4, -0.2) is 12.0 Å². The second kappa shape index (κ2) is 4.35. The quantitative estimate of drug-likeness (QED) is 0.770. The van der Waals surface area contributed by atoms with E-state index in [1.165, 1.54) is 0 Å². The first-order valence-corrected chi connectivity index (χ1v) is 6.28. The Balaban J connectivity index is 2.60. The van der Waals surface area contributed by atoms with Crippen LogP contribution in [0.15, 0.2) is 0 Å². The van der Waals surface area contributed by atoms with Gasteiger partial charge in [-0.3, -0.25) is 4.79 Å². The predicted molar refractivity (Wildman–Crippen MR) is 73.2 cm³/mol.